The Balaban J connectivity index is 1.80. The molecule has 0 aliphatic carbocycles. The van der Waals surface area contributed by atoms with Crippen molar-refractivity contribution in [2.45, 2.75) is 39.0 Å². The summed E-state index contributed by atoms with van der Waals surface area (Å²) in [5, 5.41) is 8.23. The van der Waals surface area contributed by atoms with Crippen molar-refractivity contribution in [1.82, 2.24) is 15.1 Å². The zero-order valence-corrected chi connectivity index (χ0v) is 16.1. The van der Waals surface area contributed by atoms with Crippen molar-refractivity contribution in [3.05, 3.63) is 83.7 Å². The minimum absolute atomic E-state index is 0.0194. The van der Waals surface area contributed by atoms with Crippen LogP contribution in [0.15, 0.2) is 66.9 Å². The van der Waals surface area contributed by atoms with Gasteiger partial charge in [-0.3, -0.25) is 0 Å². The Bertz CT molecular complexity index is 883. The van der Waals surface area contributed by atoms with E-state index >= 15 is 0 Å². The van der Waals surface area contributed by atoms with Crippen molar-refractivity contribution < 1.29 is 13.2 Å². The van der Waals surface area contributed by atoms with Crippen LogP contribution in [0.5, 0.6) is 0 Å². The van der Waals surface area contributed by atoms with Gasteiger partial charge in [-0.25, -0.2) is 4.68 Å². The maximum Gasteiger partial charge on any atom is 0.416 e. The van der Waals surface area contributed by atoms with Gasteiger partial charge in [0.05, 0.1) is 23.0 Å². The molecule has 0 radical (unpaired) electrons. The molecule has 0 saturated heterocycles. The summed E-state index contributed by atoms with van der Waals surface area (Å²) in [6.07, 6.45) is -2.56. The van der Waals surface area contributed by atoms with Gasteiger partial charge in [0.1, 0.15) is 0 Å². The van der Waals surface area contributed by atoms with E-state index in [2.05, 4.69) is 43.3 Å². The lowest BCUT2D eigenvalue weighted by atomic mass is 9.98. The van der Waals surface area contributed by atoms with Gasteiger partial charge in [0.25, 0.3) is 0 Å². The molecule has 3 aromatic rings. The quantitative estimate of drug-likeness (QED) is 0.567. The van der Waals surface area contributed by atoms with Gasteiger partial charge in [-0.2, -0.15) is 18.3 Å². The summed E-state index contributed by atoms with van der Waals surface area (Å²) in [5.74, 6) is 0.294. The first-order valence-corrected chi connectivity index (χ1v) is 9.30. The molecule has 0 amide bonds. The average molecular weight is 387 g/mol. The fraction of sp³-hybridized carbons (Fsp3) is 0.318. The molecule has 0 aliphatic heterocycles. The smallest absolute Gasteiger partial charge is 0.302 e. The molecule has 28 heavy (non-hydrogen) atoms. The molecule has 148 valence electrons. The molecule has 0 saturated carbocycles. The van der Waals surface area contributed by atoms with E-state index in [0.29, 0.717) is 11.6 Å². The van der Waals surface area contributed by atoms with E-state index in [0.717, 1.165) is 17.8 Å². The summed E-state index contributed by atoms with van der Waals surface area (Å²) in [6, 6.07) is 17.3. The van der Waals surface area contributed by atoms with Gasteiger partial charge >= 0.3 is 6.18 Å². The van der Waals surface area contributed by atoms with Gasteiger partial charge in [-0.05, 0) is 48.7 Å². The summed E-state index contributed by atoms with van der Waals surface area (Å²) in [7, 11) is 0. The molecule has 1 N–H and O–H groups in total. The predicted molar refractivity (Wildman–Crippen MR) is 104 cm³/mol. The Hall–Kier alpha value is -2.60. The number of rotatable bonds is 6. The molecule has 1 heterocycles. The predicted octanol–water partition coefficient (Wildman–Crippen LogP) is 5.94. The number of nitrogens with one attached hydrogen (secondary N) is 1. The van der Waals surface area contributed by atoms with Crippen molar-refractivity contribution in [2.24, 2.45) is 5.92 Å². The minimum Gasteiger partial charge on any atom is -0.302 e. The highest BCUT2D eigenvalue weighted by atomic mass is 19.4. The van der Waals surface area contributed by atoms with Crippen molar-refractivity contribution in [1.29, 1.82) is 0 Å². The summed E-state index contributed by atoms with van der Waals surface area (Å²) in [4.78, 5) is 0. The third-order valence-corrected chi connectivity index (χ3v) is 4.78. The average Bonchev–Trinajstić information content (AvgIpc) is 3.15. The van der Waals surface area contributed by atoms with E-state index in [1.807, 2.05) is 24.3 Å². The molecule has 3 nitrogen and oxygen atoms in total. The van der Waals surface area contributed by atoms with Gasteiger partial charge in [0.15, 0.2) is 0 Å². The van der Waals surface area contributed by atoms with Crippen LogP contribution >= 0.6 is 0 Å². The number of nitrogens with zero attached hydrogens (tertiary/aromatic N) is 2. The summed E-state index contributed by atoms with van der Waals surface area (Å²) in [5.41, 5.74) is 1.98. The summed E-state index contributed by atoms with van der Waals surface area (Å²) in [6.45, 7) is 6.34. The fourth-order valence-corrected chi connectivity index (χ4v) is 3.18. The third-order valence-electron chi connectivity index (χ3n) is 4.78. The number of hydrogen-bond donors (Lipinski definition) is 1. The van der Waals surface area contributed by atoms with Crippen molar-refractivity contribution in [3.63, 3.8) is 0 Å². The number of alkyl halides is 3. The van der Waals surface area contributed by atoms with Crippen molar-refractivity contribution in [3.8, 4) is 5.69 Å². The Morgan fingerprint density at radius 3 is 2.11 bits per heavy atom. The zero-order valence-electron chi connectivity index (χ0n) is 16.1. The SMILES string of the molecule is CC(NC(c1ccn(-c2ccc(C(F)(F)F)cc2)n1)C(C)C)c1ccccc1. The van der Waals surface area contributed by atoms with Gasteiger partial charge < -0.3 is 5.32 Å². The number of hydrogen-bond acceptors (Lipinski definition) is 2. The molecule has 6 heteroatoms. The van der Waals surface area contributed by atoms with E-state index in [9.17, 15) is 13.2 Å². The van der Waals surface area contributed by atoms with Gasteiger partial charge in [0.2, 0.25) is 0 Å². The molecule has 0 fully saturated rings. The largest absolute Gasteiger partial charge is 0.416 e. The molecule has 2 aromatic carbocycles. The molecule has 2 unspecified atom stereocenters. The van der Waals surface area contributed by atoms with Crippen LogP contribution in [0.25, 0.3) is 5.69 Å². The van der Waals surface area contributed by atoms with Crippen molar-refractivity contribution >= 4 is 0 Å². The van der Waals surface area contributed by atoms with E-state index in [1.165, 1.54) is 17.7 Å². The minimum atomic E-state index is -4.34. The van der Waals surface area contributed by atoms with E-state index < -0.39 is 11.7 Å². The number of aromatic nitrogens is 2. The highest BCUT2D eigenvalue weighted by Gasteiger charge is 2.30. The molecular formula is C22H24F3N3. The Kier molecular flexibility index (Phi) is 5.89. The first kappa shape index (κ1) is 20.1. The zero-order chi connectivity index (χ0) is 20.3. The van der Waals surface area contributed by atoms with Crippen molar-refractivity contribution in [2.75, 3.05) is 0 Å². The lowest BCUT2D eigenvalue weighted by Crippen LogP contribution is -2.29. The van der Waals surface area contributed by atoms with Gasteiger partial charge in [0, 0.05) is 12.2 Å². The monoisotopic (exact) mass is 387 g/mol. The molecule has 1 aromatic heterocycles. The van der Waals surface area contributed by atoms with Crippen LogP contribution in [0.4, 0.5) is 13.2 Å². The molecule has 2 atom stereocenters. The lowest BCUT2D eigenvalue weighted by Gasteiger charge is -2.25. The first-order chi connectivity index (χ1) is 13.3. The fourth-order valence-electron chi connectivity index (χ4n) is 3.18. The van der Waals surface area contributed by atoms with Crippen LogP contribution in [0.3, 0.4) is 0 Å². The van der Waals surface area contributed by atoms with Crippen LogP contribution in [0, 0.1) is 5.92 Å². The molecular weight excluding hydrogens is 363 g/mol. The highest BCUT2D eigenvalue weighted by molar-refractivity contribution is 5.35. The topological polar surface area (TPSA) is 29.9 Å². The van der Waals surface area contributed by atoms with Crippen LogP contribution in [-0.4, -0.2) is 9.78 Å². The lowest BCUT2D eigenvalue weighted by molar-refractivity contribution is -0.137. The number of halogens is 3. The van der Waals surface area contributed by atoms with Crippen LogP contribution < -0.4 is 5.32 Å². The van der Waals surface area contributed by atoms with Crippen LogP contribution in [0.1, 0.15) is 49.7 Å². The van der Waals surface area contributed by atoms with Gasteiger partial charge in [-0.1, -0.05) is 44.2 Å². The van der Waals surface area contributed by atoms with E-state index in [1.54, 1.807) is 10.9 Å². The Morgan fingerprint density at radius 2 is 1.54 bits per heavy atom. The first-order valence-electron chi connectivity index (χ1n) is 9.30. The Labute approximate surface area is 163 Å². The summed E-state index contributed by atoms with van der Waals surface area (Å²) >= 11 is 0. The maximum atomic E-state index is 12.8. The van der Waals surface area contributed by atoms with Crippen LogP contribution in [0.2, 0.25) is 0 Å². The number of benzene rings is 2. The summed E-state index contributed by atoms with van der Waals surface area (Å²) < 4.78 is 39.9. The second-order valence-electron chi connectivity index (χ2n) is 7.25. The maximum absolute atomic E-state index is 12.8. The third kappa shape index (κ3) is 4.62. The highest BCUT2D eigenvalue weighted by Crippen LogP contribution is 2.30. The molecule has 0 spiro atoms. The second kappa shape index (κ2) is 8.19. The van der Waals surface area contributed by atoms with Crippen LogP contribution in [-0.2, 0) is 6.18 Å². The molecule has 0 aliphatic rings. The van der Waals surface area contributed by atoms with E-state index in [-0.39, 0.29) is 12.1 Å². The van der Waals surface area contributed by atoms with Gasteiger partial charge in [-0.15, -0.1) is 0 Å². The Morgan fingerprint density at radius 1 is 0.893 bits per heavy atom. The standard InChI is InChI=1S/C22H24F3N3/c1-15(2)21(26-16(3)17-7-5-4-6-8-17)20-13-14-28(27-20)19-11-9-18(10-12-19)22(23,24)25/h4-16,21,26H,1-3H3. The molecule has 3 rings (SSSR count). The second-order valence-corrected chi connectivity index (χ2v) is 7.25. The normalized spacial score (nSPS) is 14.2. The molecule has 0 bridgehead atoms. The van der Waals surface area contributed by atoms with E-state index in [4.69, 9.17) is 0 Å².